The van der Waals surface area contributed by atoms with Gasteiger partial charge in [-0.25, -0.2) is 0 Å². The van der Waals surface area contributed by atoms with E-state index in [1.165, 1.54) is 11.1 Å². The van der Waals surface area contributed by atoms with Crippen LogP contribution in [-0.2, 0) is 0 Å². The molecule has 0 aliphatic heterocycles. The van der Waals surface area contributed by atoms with Crippen molar-refractivity contribution >= 4 is 6.08 Å². The van der Waals surface area contributed by atoms with E-state index in [2.05, 4.69) is 31.7 Å². The zero-order chi connectivity index (χ0) is 10.1. The lowest BCUT2D eigenvalue weighted by molar-refractivity contribution is 1.44. The van der Waals surface area contributed by atoms with Crippen LogP contribution < -0.4 is 0 Å². The van der Waals surface area contributed by atoms with Crippen LogP contribution in [0.25, 0.3) is 6.08 Å². The van der Waals surface area contributed by atoms with Crippen molar-refractivity contribution in [3.8, 4) is 0 Å². The van der Waals surface area contributed by atoms with Gasteiger partial charge in [-0.1, -0.05) is 62.9 Å². The standard InChI is InChI=1S/C11H12.C2H6/c1-3-4-8-11-9-6-5-7-10(11)2;1-2/h3-9H,1H2,2H3;1-2H3/b8-4-;. The van der Waals surface area contributed by atoms with Gasteiger partial charge in [0.05, 0.1) is 0 Å². The van der Waals surface area contributed by atoms with Gasteiger partial charge in [-0.05, 0) is 18.1 Å². The van der Waals surface area contributed by atoms with Crippen LogP contribution in [-0.4, -0.2) is 0 Å². The Morgan fingerprint density at radius 3 is 2.31 bits per heavy atom. The van der Waals surface area contributed by atoms with Gasteiger partial charge >= 0.3 is 0 Å². The van der Waals surface area contributed by atoms with Crippen LogP contribution in [0.4, 0.5) is 0 Å². The van der Waals surface area contributed by atoms with E-state index in [1.807, 2.05) is 32.1 Å². The molecule has 13 heavy (non-hydrogen) atoms. The Labute approximate surface area is 81.6 Å². The normalized spacial score (nSPS) is 9.15. The van der Waals surface area contributed by atoms with Crippen molar-refractivity contribution in [2.24, 2.45) is 0 Å². The molecule has 0 saturated heterocycles. The quantitative estimate of drug-likeness (QED) is 0.589. The smallest absolute Gasteiger partial charge is 0.0227 e. The van der Waals surface area contributed by atoms with Crippen LogP contribution in [0, 0.1) is 6.92 Å². The summed E-state index contributed by atoms with van der Waals surface area (Å²) in [6.07, 6.45) is 5.79. The van der Waals surface area contributed by atoms with Crippen molar-refractivity contribution in [3.63, 3.8) is 0 Å². The molecular weight excluding hydrogens is 156 g/mol. The van der Waals surface area contributed by atoms with E-state index < -0.39 is 0 Å². The molecule has 0 heterocycles. The van der Waals surface area contributed by atoms with Gasteiger partial charge in [0, 0.05) is 0 Å². The van der Waals surface area contributed by atoms with Crippen LogP contribution >= 0.6 is 0 Å². The van der Waals surface area contributed by atoms with E-state index in [0.717, 1.165) is 0 Å². The molecule has 0 heteroatoms. The summed E-state index contributed by atoms with van der Waals surface area (Å²) in [4.78, 5) is 0. The molecule has 1 rings (SSSR count). The Morgan fingerprint density at radius 2 is 1.77 bits per heavy atom. The third-order valence-electron chi connectivity index (χ3n) is 1.60. The van der Waals surface area contributed by atoms with E-state index >= 15 is 0 Å². The highest BCUT2D eigenvalue weighted by atomic mass is 13.9. The van der Waals surface area contributed by atoms with Crippen LogP contribution in [0.15, 0.2) is 43.0 Å². The van der Waals surface area contributed by atoms with E-state index in [0.29, 0.717) is 0 Å². The zero-order valence-electron chi connectivity index (χ0n) is 8.75. The second-order valence-electron chi connectivity index (χ2n) is 2.45. The van der Waals surface area contributed by atoms with Crippen molar-refractivity contribution in [1.29, 1.82) is 0 Å². The Morgan fingerprint density at radius 1 is 1.15 bits per heavy atom. The molecule has 70 valence electrons. The van der Waals surface area contributed by atoms with Gasteiger partial charge in [0.2, 0.25) is 0 Å². The summed E-state index contributed by atoms with van der Waals surface area (Å²) in [5.41, 5.74) is 2.55. The molecule has 0 aliphatic carbocycles. The monoisotopic (exact) mass is 174 g/mol. The van der Waals surface area contributed by atoms with Crippen LogP contribution in [0.2, 0.25) is 0 Å². The maximum absolute atomic E-state index is 3.62. The predicted octanol–water partition coefficient (Wildman–Crippen LogP) is 4.22. The Bertz CT molecular complexity index is 269. The van der Waals surface area contributed by atoms with Crippen LogP contribution in [0.5, 0.6) is 0 Å². The number of hydrogen-bond donors (Lipinski definition) is 0. The zero-order valence-corrected chi connectivity index (χ0v) is 8.75. The summed E-state index contributed by atoms with van der Waals surface area (Å²) in [6, 6.07) is 8.27. The minimum absolute atomic E-state index is 1.26. The van der Waals surface area contributed by atoms with Gasteiger partial charge in [0.1, 0.15) is 0 Å². The number of benzene rings is 1. The highest BCUT2D eigenvalue weighted by Crippen LogP contribution is 2.08. The largest absolute Gasteiger partial charge is 0.0991 e. The molecule has 0 radical (unpaired) electrons. The van der Waals surface area contributed by atoms with Gasteiger partial charge in [-0.3, -0.25) is 0 Å². The first-order valence-corrected chi connectivity index (χ1v) is 4.69. The van der Waals surface area contributed by atoms with Gasteiger partial charge in [0.25, 0.3) is 0 Å². The summed E-state index contributed by atoms with van der Waals surface area (Å²) in [5, 5.41) is 0. The van der Waals surface area contributed by atoms with Gasteiger partial charge in [-0.15, -0.1) is 0 Å². The molecule has 0 unspecified atom stereocenters. The summed E-state index contributed by atoms with van der Waals surface area (Å²) in [5.74, 6) is 0. The Balaban J connectivity index is 0.000000671. The summed E-state index contributed by atoms with van der Waals surface area (Å²) in [6.45, 7) is 9.72. The fourth-order valence-corrected chi connectivity index (χ4v) is 0.945. The molecule has 0 amide bonds. The lowest BCUT2D eigenvalue weighted by Crippen LogP contribution is -1.76. The lowest BCUT2D eigenvalue weighted by atomic mass is 10.1. The maximum atomic E-state index is 3.62. The number of rotatable bonds is 2. The molecule has 0 N–H and O–H groups in total. The van der Waals surface area contributed by atoms with Gasteiger partial charge < -0.3 is 0 Å². The van der Waals surface area contributed by atoms with E-state index in [9.17, 15) is 0 Å². The van der Waals surface area contributed by atoms with Crippen LogP contribution in [0.1, 0.15) is 25.0 Å². The van der Waals surface area contributed by atoms with E-state index in [-0.39, 0.29) is 0 Å². The molecule has 0 bridgehead atoms. The van der Waals surface area contributed by atoms with Gasteiger partial charge in [-0.2, -0.15) is 0 Å². The molecule has 0 atom stereocenters. The number of aryl methyl sites for hydroxylation is 1. The lowest BCUT2D eigenvalue weighted by Gasteiger charge is -1.96. The molecule has 0 spiro atoms. The number of hydrogen-bond acceptors (Lipinski definition) is 0. The van der Waals surface area contributed by atoms with Crippen molar-refractivity contribution in [2.75, 3.05) is 0 Å². The Kier molecular flexibility index (Phi) is 6.62. The van der Waals surface area contributed by atoms with E-state index in [1.54, 1.807) is 6.08 Å². The third kappa shape index (κ3) is 4.32. The molecule has 1 aromatic rings. The first-order valence-electron chi connectivity index (χ1n) is 4.69. The van der Waals surface area contributed by atoms with Crippen molar-refractivity contribution in [1.82, 2.24) is 0 Å². The minimum atomic E-state index is 1.26. The average molecular weight is 174 g/mol. The highest BCUT2D eigenvalue weighted by Gasteiger charge is 1.88. The molecule has 0 nitrogen and oxygen atoms in total. The fraction of sp³-hybridized carbons (Fsp3) is 0.231. The SMILES string of the molecule is C=C/C=C\c1ccccc1C.CC. The number of allylic oxidation sites excluding steroid dienone is 2. The summed E-state index contributed by atoms with van der Waals surface area (Å²) >= 11 is 0. The van der Waals surface area contributed by atoms with Crippen molar-refractivity contribution < 1.29 is 0 Å². The maximum Gasteiger partial charge on any atom is -0.0227 e. The first kappa shape index (κ1) is 11.7. The minimum Gasteiger partial charge on any atom is -0.0991 e. The van der Waals surface area contributed by atoms with Crippen molar-refractivity contribution in [3.05, 3.63) is 54.1 Å². The second-order valence-corrected chi connectivity index (χ2v) is 2.45. The highest BCUT2D eigenvalue weighted by molar-refractivity contribution is 5.54. The second kappa shape index (κ2) is 7.35. The van der Waals surface area contributed by atoms with Gasteiger partial charge in [0.15, 0.2) is 0 Å². The summed E-state index contributed by atoms with van der Waals surface area (Å²) < 4.78 is 0. The fourth-order valence-electron chi connectivity index (χ4n) is 0.945. The average Bonchev–Trinajstić information content (AvgIpc) is 2.20. The third-order valence-corrected chi connectivity index (χ3v) is 1.60. The predicted molar refractivity (Wildman–Crippen MR) is 61.8 cm³/mol. The van der Waals surface area contributed by atoms with Crippen molar-refractivity contribution in [2.45, 2.75) is 20.8 Å². The molecule has 0 fully saturated rings. The van der Waals surface area contributed by atoms with Crippen LogP contribution in [0.3, 0.4) is 0 Å². The first-order chi connectivity index (χ1) is 6.34. The molecule has 1 aromatic carbocycles. The molecule has 0 saturated carbocycles. The topological polar surface area (TPSA) is 0 Å². The molecular formula is C13H18. The molecule has 0 aromatic heterocycles. The van der Waals surface area contributed by atoms with E-state index in [4.69, 9.17) is 0 Å². The Hall–Kier alpha value is -1.30. The molecule has 0 aliphatic rings. The summed E-state index contributed by atoms with van der Waals surface area (Å²) in [7, 11) is 0.